The number of ether oxygens (including phenoxy) is 1. The summed E-state index contributed by atoms with van der Waals surface area (Å²) in [5.41, 5.74) is 7.25. The topological polar surface area (TPSA) is 55.6 Å². The quantitative estimate of drug-likeness (QED) is 0.932. The fourth-order valence-electron chi connectivity index (χ4n) is 2.60. The van der Waals surface area contributed by atoms with Crippen molar-refractivity contribution in [3.8, 4) is 0 Å². The maximum atomic E-state index is 12.6. The Bertz CT molecular complexity index is 441. The third-order valence-electron chi connectivity index (χ3n) is 3.88. The highest BCUT2D eigenvalue weighted by Crippen LogP contribution is 2.22. The van der Waals surface area contributed by atoms with Gasteiger partial charge in [0, 0.05) is 25.7 Å². The smallest absolute Gasteiger partial charge is 0.227 e. The second kappa shape index (κ2) is 8.37. The van der Waals surface area contributed by atoms with Crippen LogP contribution >= 0.6 is 12.4 Å². The van der Waals surface area contributed by atoms with Crippen LogP contribution in [-0.2, 0) is 9.53 Å². The molecule has 0 bridgehead atoms. The predicted octanol–water partition coefficient (Wildman–Crippen LogP) is 2.38. The monoisotopic (exact) mass is 312 g/mol. The Labute approximate surface area is 133 Å². The number of nitrogens with two attached hydrogens (primary N) is 1. The van der Waals surface area contributed by atoms with Gasteiger partial charge in [-0.05, 0) is 18.9 Å². The van der Waals surface area contributed by atoms with E-state index in [1.54, 1.807) is 0 Å². The van der Waals surface area contributed by atoms with Crippen LogP contribution in [0.4, 0.5) is 0 Å². The van der Waals surface area contributed by atoms with Gasteiger partial charge < -0.3 is 15.4 Å². The molecule has 0 spiro atoms. The number of halogens is 1. The van der Waals surface area contributed by atoms with Crippen LogP contribution in [0.25, 0.3) is 0 Å². The van der Waals surface area contributed by atoms with E-state index in [2.05, 4.69) is 0 Å². The minimum absolute atomic E-state index is 0. The largest absolute Gasteiger partial charge is 0.377 e. The fourth-order valence-corrected chi connectivity index (χ4v) is 2.60. The molecule has 0 radical (unpaired) electrons. The maximum Gasteiger partial charge on any atom is 0.227 e. The summed E-state index contributed by atoms with van der Waals surface area (Å²) >= 11 is 0. The molecule has 3 unspecified atom stereocenters. The average molecular weight is 313 g/mol. The summed E-state index contributed by atoms with van der Waals surface area (Å²) < 4.78 is 5.58. The van der Waals surface area contributed by atoms with Gasteiger partial charge in [0.15, 0.2) is 0 Å². The lowest BCUT2D eigenvalue weighted by molar-refractivity contribution is -0.136. The molecule has 1 aromatic carbocycles. The summed E-state index contributed by atoms with van der Waals surface area (Å²) in [5.74, 6) is -0.0959. The molecule has 4 nitrogen and oxygen atoms in total. The van der Waals surface area contributed by atoms with Gasteiger partial charge in [-0.3, -0.25) is 4.79 Å². The molecule has 1 saturated heterocycles. The minimum Gasteiger partial charge on any atom is -0.377 e. The van der Waals surface area contributed by atoms with E-state index in [4.69, 9.17) is 10.5 Å². The minimum atomic E-state index is -0.261. The Morgan fingerprint density at radius 1 is 1.38 bits per heavy atom. The van der Waals surface area contributed by atoms with Gasteiger partial charge in [-0.1, -0.05) is 37.3 Å². The van der Waals surface area contributed by atoms with Gasteiger partial charge in [-0.2, -0.15) is 0 Å². The van der Waals surface area contributed by atoms with Crippen molar-refractivity contribution in [2.75, 3.05) is 19.7 Å². The van der Waals surface area contributed by atoms with E-state index in [-0.39, 0.29) is 36.4 Å². The van der Waals surface area contributed by atoms with Gasteiger partial charge in [0.05, 0.1) is 12.0 Å². The van der Waals surface area contributed by atoms with Gasteiger partial charge in [-0.15, -0.1) is 12.4 Å². The lowest BCUT2D eigenvalue weighted by Gasteiger charge is -2.28. The number of benzene rings is 1. The highest BCUT2D eigenvalue weighted by molar-refractivity contribution is 5.85. The molecule has 0 saturated carbocycles. The third-order valence-corrected chi connectivity index (χ3v) is 3.88. The third kappa shape index (κ3) is 4.70. The predicted molar refractivity (Wildman–Crippen MR) is 86.4 cm³/mol. The Kier molecular flexibility index (Phi) is 7.15. The molecule has 1 aliphatic heterocycles. The van der Waals surface area contributed by atoms with E-state index in [1.165, 1.54) is 0 Å². The summed E-state index contributed by atoms with van der Waals surface area (Å²) in [5, 5.41) is 0. The van der Waals surface area contributed by atoms with Crippen LogP contribution in [0.15, 0.2) is 30.3 Å². The summed E-state index contributed by atoms with van der Waals surface area (Å²) in [7, 11) is 0. The first-order valence-electron chi connectivity index (χ1n) is 7.30. The number of rotatable bonds is 3. The molecular weight excluding hydrogens is 288 g/mol. The Morgan fingerprint density at radius 3 is 2.71 bits per heavy atom. The zero-order valence-corrected chi connectivity index (χ0v) is 13.5. The van der Waals surface area contributed by atoms with Crippen LogP contribution in [0.2, 0.25) is 0 Å². The molecule has 2 N–H and O–H groups in total. The van der Waals surface area contributed by atoms with Crippen LogP contribution in [-0.4, -0.2) is 36.6 Å². The SMILES string of the molecule is CC1CN(C(=O)C(C)C(N)c2ccccc2)CCCO1.Cl. The van der Waals surface area contributed by atoms with Crippen LogP contribution in [0.3, 0.4) is 0 Å². The van der Waals surface area contributed by atoms with Crippen molar-refractivity contribution < 1.29 is 9.53 Å². The Morgan fingerprint density at radius 2 is 2.05 bits per heavy atom. The molecule has 0 aliphatic carbocycles. The molecule has 2 rings (SSSR count). The number of nitrogens with zero attached hydrogens (tertiary/aromatic N) is 1. The van der Waals surface area contributed by atoms with E-state index in [1.807, 2.05) is 49.1 Å². The standard InChI is InChI=1S/C16H24N2O2.ClH/c1-12-11-18(9-6-10-20-12)16(19)13(2)15(17)14-7-4-3-5-8-14;/h3-5,7-8,12-13,15H,6,9-11,17H2,1-2H3;1H. The van der Waals surface area contributed by atoms with Crippen molar-refractivity contribution >= 4 is 18.3 Å². The molecule has 21 heavy (non-hydrogen) atoms. The Balaban J connectivity index is 0.00000220. The lowest BCUT2D eigenvalue weighted by Crippen LogP contribution is -2.42. The maximum absolute atomic E-state index is 12.6. The normalized spacial score (nSPS) is 21.9. The summed E-state index contributed by atoms with van der Waals surface area (Å²) in [4.78, 5) is 14.5. The van der Waals surface area contributed by atoms with Gasteiger partial charge >= 0.3 is 0 Å². The summed E-state index contributed by atoms with van der Waals surface area (Å²) in [6, 6.07) is 9.55. The molecular formula is C16H25ClN2O2. The summed E-state index contributed by atoms with van der Waals surface area (Å²) in [6.45, 7) is 6.06. The van der Waals surface area contributed by atoms with Gasteiger partial charge in [0.2, 0.25) is 5.91 Å². The number of hydrogen-bond donors (Lipinski definition) is 1. The van der Waals surface area contributed by atoms with Gasteiger partial charge in [-0.25, -0.2) is 0 Å². The average Bonchev–Trinajstić information content (AvgIpc) is 2.70. The first kappa shape index (κ1) is 18.0. The molecule has 0 aromatic heterocycles. The highest BCUT2D eigenvalue weighted by Gasteiger charge is 2.28. The van der Waals surface area contributed by atoms with E-state index >= 15 is 0 Å². The molecule has 1 amide bonds. The van der Waals surface area contributed by atoms with Crippen LogP contribution < -0.4 is 5.73 Å². The van der Waals surface area contributed by atoms with Crippen molar-refractivity contribution in [3.05, 3.63) is 35.9 Å². The van der Waals surface area contributed by atoms with Crippen molar-refractivity contribution in [2.24, 2.45) is 11.7 Å². The fraction of sp³-hybridized carbons (Fsp3) is 0.562. The van der Waals surface area contributed by atoms with Gasteiger partial charge in [0.1, 0.15) is 0 Å². The van der Waals surface area contributed by atoms with E-state index in [0.29, 0.717) is 6.54 Å². The summed E-state index contributed by atoms with van der Waals surface area (Å²) in [6.07, 6.45) is 0.991. The highest BCUT2D eigenvalue weighted by atomic mass is 35.5. The number of amides is 1. The lowest BCUT2D eigenvalue weighted by atomic mass is 9.94. The molecule has 1 aliphatic rings. The molecule has 3 atom stereocenters. The van der Waals surface area contributed by atoms with Crippen molar-refractivity contribution in [1.29, 1.82) is 0 Å². The van der Waals surface area contributed by atoms with Gasteiger partial charge in [0.25, 0.3) is 0 Å². The molecule has 5 heteroatoms. The van der Waals surface area contributed by atoms with Crippen molar-refractivity contribution in [2.45, 2.75) is 32.4 Å². The molecule has 1 fully saturated rings. The zero-order valence-electron chi connectivity index (χ0n) is 12.7. The number of hydrogen-bond acceptors (Lipinski definition) is 3. The zero-order chi connectivity index (χ0) is 14.5. The van der Waals surface area contributed by atoms with Crippen LogP contribution in [0.1, 0.15) is 31.9 Å². The molecule has 1 aromatic rings. The second-order valence-corrected chi connectivity index (χ2v) is 5.54. The number of carbonyl (C=O) groups excluding carboxylic acids is 1. The first-order chi connectivity index (χ1) is 9.59. The Hall–Kier alpha value is -1.10. The van der Waals surface area contributed by atoms with Crippen molar-refractivity contribution in [1.82, 2.24) is 4.90 Å². The number of carbonyl (C=O) groups is 1. The second-order valence-electron chi connectivity index (χ2n) is 5.54. The molecule has 118 valence electrons. The van der Waals surface area contributed by atoms with Crippen LogP contribution in [0, 0.1) is 5.92 Å². The van der Waals surface area contributed by atoms with Crippen LogP contribution in [0.5, 0.6) is 0 Å². The first-order valence-corrected chi connectivity index (χ1v) is 7.30. The van der Waals surface area contributed by atoms with Crippen molar-refractivity contribution in [3.63, 3.8) is 0 Å². The van der Waals surface area contributed by atoms with E-state index in [9.17, 15) is 4.79 Å². The molecule has 1 heterocycles. The van der Waals surface area contributed by atoms with E-state index < -0.39 is 0 Å². The van der Waals surface area contributed by atoms with E-state index in [0.717, 1.165) is 25.1 Å².